The Balaban J connectivity index is 0.00000312. The summed E-state index contributed by atoms with van der Waals surface area (Å²) in [7, 11) is 6.20. The molecule has 0 aliphatic carbocycles. The predicted molar refractivity (Wildman–Crippen MR) is 113 cm³/mol. The molecule has 2 unspecified atom stereocenters. The van der Waals surface area contributed by atoms with Crippen LogP contribution in [0.5, 0.6) is 0 Å². The van der Waals surface area contributed by atoms with Crippen molar-refractivity contribution in [1.29, 1.82) is 0 Å². The van der Waals surface area contributed by atoms with Crippen LogP contribution in [0.15, 0.2) is 4.99 Å². The van der Waals surface area contributed by atoms with Crippen LogP contribution >= 0.6 is 24.0 Å². The maximum absolute atomic E-state index is 5.72. The molecule has 7 nitrogen and oxygen atoms in total. The van der Waals surface area contributed by atoms with Crippen molar-refractivity contribution in [3.63, 3.8) is 0 Å². The Morgan fingerprint density at radius 2 is 2.12 bits per heavy atom. The zero-order valence-corrected chi connectivity index (χ0v) is 18.3. The smallest absolute Gasteiger partial charge is 0.191 e. The lowest BCUT2D eigenvalue weighted by molar-refractivity contribution is 0.0887. The molecule has 2 atom stereocenters. The topological polar surface area (TPSA) is 61.4 Å². The van der Waals surface area contributed by atoms with E-state index in [4.69, 9.17) is 9.47 Å². The Bertz CT molecular complexity index is 380. The first-order valence-electron chi connectivity index (χ1n) is 9.18. The van der Waals surface area contributed by atoms with Gasteiger partial charge in [0.15, 0.2) is 5.96 Å². The van der Waals surface area contributed by atoms with E-state index in [1.54, 1.807) is 0 Å². The molecule has 2 aliphatic rings. The van der Waals surface area contributed by atoms with Crippen molar-refractivity contribution < 1.29 is 9.47 Å². The molecule has 0 aromatic heterocycles. The summed E-state index contributed by atoms with van der Waals surface area (Å²) in [5, 5.41) is 6.80. The maximum atomic E-state index is 5.72. The molecule has 2 N–H and O–H groups in total. The molecule has 2 fully saturated rings. The van der Waals surface area contributed by atoms with Crippen LogP contribution in [-0.4, -0.2) is 102 Å². The molecule has 2 rings (SSSR count). The first-order chi connectivity index (χ1) is 11.7. The van der Waals surface area contributed by atoms with Gasteiger partial charge < -0.3 is 25.0 Å². The predicted octanol–water partition coefficient (Wildman–Crippen LogP) is 0.458. The molecule has 0 amide bonds. The molecule has 2 aliphatic heterocycles. The van der Waals surface area contributed by atoms with Gasteiger partial charge in [-0.15, -0.1) is 24.0 Å². The van der Waals surface area contributed by atoms with Crippen LogP contribution in [0.4, 0.5) is 0 Å². The number of hydrogen-bond acceptors (Lipinski definition) is 5. The SMILES string of the molecule is CN=C(NCCCOCC1CCOC1)NCC1CN(C)CCN1C.I. The van der Waals surface area contributed by atoms with Crippen LogP contribution in [0, 0.1) is 5.92 Å². The molecular weight excluding hydrogens is 433 g/mol. The highest BCUT2D eigenvalue weighted by Crippen LogP contribution is 2.12. The molecule has 0 radical (unpaired) electrons. The van der Waals surface area contributed by atoms with Gasteiger partial charge >= 0.3 is 0 Å². The number of nitrogens with one attached hydrogen (secondary N) is 2. The summed E-state index contributed by atoms with van der Waals surface area (Å²) < 4.78 is 11.1. The van der Waals surface area contributed by atoms with E-state index in [0.717, 1.165) is 78.0 Å². The van der Waals surface area contributed by atoms with Gasteiger partial charge in [-0.3, -0.25) is 9.89 Å². The summed E-state index contributed by atoms with van der Waals surface area (Å²) in [4.78, 5) is 9.10. The molecule has 2 saturated heterocycles. The summed E-state index contributed by atoms with van der Waals surface area (Å²) in [6.45, 7) is 8.53. The highest BCUT2D eigenvalue weighted by atomic mass is 127. The minimum atomic E-state index is 0. The van der Waals surface area contributed by atoms with Gasteiger partial charge in [0, 0.05) is 64.9 Å². The average Bonchev–Trinajstić information content (AvgIpc) is 3.09. The molecule has 0 aromatic rings. The van der Waals surface area contributed by atoms with Crippen molar-refractivity contribution in [3.8, 4) is 0 Å². The number of guanidine groups is 1. The van der Waals surface area contributed by atoms with E-state index in [1.165, 1.54) is 0 Å². The van der Waals surface area contributed by atoms with Crippen molar-refractivity contribution >= 4 is 29.9 Å². The van der Waals surface area contributed by atoms with Crippen molar-refractivity contribution in [2.45, 2.75) is 18.9 Å². The lowest BCUT2D eigenvalue weighted by Gasteiger charge is -2.37. The van der Waals surface area contributed by atoms with Gasteiger partial charge in [0.2, 0.25) is 0 Å². The zero-order valence-electron chi connectivity index (χ0n) is 16.0. The molecule has 0 bridgehead atoms. The largest absolute Gasteiger partial charge is 0.381 e. The Kier molecular flexibility index (Phi) is 12.0. The van der Waals surface area contributed by atoms with E-state index in [9.17, 15) is 0 Å². The molecule has 0 aromatic carbocycles. The maximum Gasteiger partial charge on any atom is 0.191 e. The number of aliphatic imine (C=N–C) groups is 1. The quantitative estimate of drug-likeness (QED) is 0.233. The number of hydrogen-bond donors (Lipinski definition) is 2. The first-order valence-corrected chi connectivity index (χ1v) is 9.18. The standard InChI is InChI=1S/C17H35N5O2.HI/c1-18-17(20-11-16-12-21(2)7-8-22(16)3)19-6-4-9-23-13-15-5-10-24-14-15;/h15-16H,4-14H2,1-3H3,(H2,18,19,20);1H. The first kappa shape index (κ1) is 22.9. The van der Waals surface area contributed by atoms with Gasteiger partial charge in [-0.25, -0.2) is 0 Å². The third-order valence-corrected chi connectivity index (χ3v) is 4.84. The van der Waals surface area contributed by atoms with Gasteiger partial charge in [0.05, 0.1) is 13.2 Å². The Hall–Kier alpha value is -0.160. The fraction of sp³-hybridized carbons (Fsp3) is 0.941. The van der Waals surface area contributed by atoms with E-state index in [-0.39, 0.29) is 24.0 Å². The van der Waals surface area contributed by atoms with Gasteiger partial charge in [0.25, 0.3) is 0 Å². The molecule has 25 heavy (non-hydrogen) atoms. The van der Waals surface area contributed by atoms with E-state index >= 15 is 0 Å². The van der Waals surface area contributed by atoms with Crippen LogP contribution in [0.2, 0.25) is 0 Å². The highest BCUT2D eigenvalue weighted by molar-refractivity contribution is 14.0. The highest BCUT2D eigenvalue weighted by Gasteiger charge is 2.22. The summed E-state index contributed by atoms with van der Waals surface area (Å²) in [5.41, 5.74) is 0. The van der Waals surface area contributed by atoms with Gasteiger partial charge in [-0.1, -0.05) is 0 Å². The van der Waals surface area contributed by atoms with Crippen LogP contribution in [0.3, 0.4) is 0 Å². The number of nitrogens with zero attached hydrogens (tertiary/aromatic N) is 3. The summed E-state index contributed by atoms with van der Waals surface area (Å²) in [6.07, 6.45) is 2.12. The number of rotatable bonds is 8. The Morgan fingerprint density at radius 3 is 2.84 bits per heavy atom. The van der Waals surface area contributed by atoms with E-state index in [0.29, 0.717) is 12.0 Å². The molecule has 148 valence electrons. The second kappa shape index (κ2) is 13.1. The normalized spacial score (nSPS) is 25.6. The van der Waals surface area contributed by atoms with Crippen LogP contribution in [0.1, 0.15) is 12.8 Å². The Labute approximate surface area is 169 Å². The monoisotopic (exact) mass is 469 g/mol. The third-order valence-electron chi connectivity index (χ3n) is 4.84. The molecule has 2 heterocycles. The molecule has 8 heteroatoms. The fourth-order valence-electron chi connectivity index (χ4n) is 3.10. The third kappa shape index (κ3) is 8.85. The minimum Gasteiger partial charge on any atom is -0.381 e. The van der Waals surface area contributed by atoms with E-state index in [2.05, 4.69) is 39.5 Å². The number of halogens is 1. The number of ether oxygens (including phenoxy) is 2. The van der Waals surface area contributed by atoms with E-state index < -0.39 is 0 Å². The van der Waals surface area contributed by atoms with E-state index in [1.807, 2.05) is 7.05 Å². The van der Waals surface area contributed by atoms with Crippen molar-refractivity contribution in [3.05, 3.63) is 0 Å². The number of piperazine rings is 1. The fourth-order valence-corrected chi connectivity index (χ4v) is 3.10. The summed E-state index contributed by atoms with van der Waals surface area (Å²) in [5.74, 6) is 1.47. The minimum absolute atomic E-state index is 0. The molecule has 0 saturated carbocycles. The average molecular weight is 469 g/mol. The van der Waals surface area contributed by atoms with Gasteiger partial charge in [-0.05, 0) is 26.9 Å². The second-order valence-electron chi connectivity index (χ2n) is 6.93. The molecular formula is C17H36IN5O2. The van der Waals surface area contributed by atoms with Crippen molar-refractivity contribution in [1.82, 2.24) is 20.4 Å². The van der Waals surface area contributed by atoms with Crippen LogP contribution < -0.4 is 10.6 Å². The van der Waals surface area contributed by atoms with Gasteiger partial charge in [0.1, 0.15) is 0 Å². The Morgan fingerprint density at radius 1 is 1.28 bits per heavy atom. The van der Waals surface area contributed by atoms with Gasteiger partial charge in [-0.2, -0.15) is 0 Å². The lowest BCUT2D eigenvalue weighted by Crippen LogP contribution is -2.55. The van der Waals surface area contributed by atoms with Crippen LogP contribution in [0.25, 0.3) is 0 Å². The molecule has 0 spiro atoms. The van der Waals surface area contributed by atoms with Crippen molar-refractivity contribution in [2.75, 3.05) is 80.3 Å². The second-order valence-corrected chi connectivity index (χ2v) is 6.93. The van der Waals surface area contributed by atoms with Crippen LogP contribution in [-0.2, 0) is 9.47 Å². The lowest BCUT2D eigenvalue weighted by atomic mass is 10.1. The van der Waals surface area contributed by atoms with Crippen molar-refractivity contribution in [2.24, 2.45) is 10.9 Å². The zero-order chi connectivity index (χ0) is 17.2. The summed E-state index contributed by atoms with van der Waals surface area (Å²) in [6, 6.07) is 0.527. The summed E-state index contributed by atoms with van der Waals surface area (Å²) >= 11 is 0. The number of likely N-dealkylation sites (N-methyl/N-ethyl adjacent to an activating group) is 2.